The van der Waals surface area contributed by atoms with Gasteiger partial charge >= 0.3 is 0 Å². The highest BCUT2D eigenvalue weighted by Gasteiger charge is 2.22. The molecule has 1 amide bonds. The second-order valence-corrected chi connectivity index (χ2v) is 6.61. The topological polar surface area (TPSA) is 84.4 Å². The minimum atomic E-state index is -0.364. The van der Waals surface area contributed by atoms with Crippen molar-refractivity contribution in [3.8, 4) is 0 Å². The third-order valence-corrected chi connectivity index (χ3v) is 4.64. The number of rotatable bonds is 7. The zero-order chi connectivity index (χ0) is 16.8. The van der Waals surface area contributed by atoms with Gasteiger partial charge in [0, 0.05) is 6.54 Å². The average Bonchev–Trinajstić information content (AvgIpc) is 2.84. The molecule has 1 fully saturated rings. The fourth-order valence-electron chi connectivity index (χ4n) is 2.96. The third kappa shape index (κ3) is 6.07. The van der Waals surface area contributed by atoms with Crippen LogP contribution in [-0.4, -0.2) is 41.5 Å². The van der Waals surface area contributed by atoms with E-state index in [0.717, 1.165) is 69.2 Å². The first kappa shape index (κ1) is 20.9. The van der Waals surface area contributed by atoms with Crippen LogP contribution in [0.5, 0.6) is 0 Å². The Balaban J connectivity index is 0.00000288. The van der Waals surface area contributed by atoms with Crippen molar-refractivity contribution in [1.29, 1.82) is 0 Å². The molecule has 0 aromatic carbocycles. The molecule has 7 heteroatoms. The highest BCUT2D eigenvalue weighted by molar-refractivity contribution is 5.85. The maximum atomic E-state index is 11.8. The number of aryl methyl sites for hydroxylation is 2. The average molecular weight is 359 g/mol. The van der Waals surface area contributed by atoms with Gasteiger partial charge in [-0.1, -0.05) is 13.3 Å². The first-order valence-electron chi connectivity index (χ1n) is 8.68. The van der Waals surface area contributed by atoms with Crippen molar-refractivity contribution in [3.05, 3.63) is 17.3 Å². The van der Waals surface area contributed by atoms with Crippen molar-refractivity contribution in [2.75, 3.05) is 19.6 Å². The number of nitrogens with one attached hydrogen (secondary N) is 1. The molecular formula is C17H31ClN4O2. The molecule has 0 aliphatic carbocycles. The fraction of sp³-hybridized carbons (Fsp3) is 0.765. The van der Waals surface area contributed by atoms with Gasteiger partial charge in [0.1, 0.15) is 5.76 Å². The van der Waals surface area contributed by atoms with E-state index in [9.17, 15) is 4.79 Å². The summed E-state index contributed by atoms with van der Waals surface area (Å²) >= 11 is 0. The number of carbonyl (C=O) groups excluding carboxylic acids is 1. The predicted molar refractivity (Wildman–Crippen MR) is 97.1 cm³/mol. The van der Waals surface area contributed by atoms with E-state index in [1.165, 1.54) is 0 Å². The molecule has 0 bridgehead atoms. The lowest BCUT2D eigenvalue weighted by Gasteiger charge is -2.31. The molecular weight excluding hydrogens is 328 g/mol. The van der Waals surface area contributed by atoms with Gasteiger partial charge in [-0.15, -0.1) is 12.4 Å². The predicted octanol–water partition coefficient (Wildman–Crippen LogP) is 2.17. The summed E-state index contributed by atoms with van der Waals surface area (Å²) in [4.78, 5) is 18.7. The summed E-state index contributed by atoms with van der Waals surface area (Å²) in [5.74, 6) is 2.23. The van der Waals surface area contributed by atoms with Gasteiger partial charge in [-0.2, -0.15) is 0 Å². The Kier molecular flexibility index (Phi) is 8.73. The molecule has 3 N–H and O–H groups in total. The van der Waals surface area contributed by atoms with E-state index in [0.29, 0.717) is 5.92 Å². The first-order valence-corrected chi connectivity index (χ1v) is 8.68. The highest BCUT2D eigenvalue weighted by Crippen LogP contribution is 2.19. The number of hydrogen-bond acceptors (Lipinski definition) is 5. The third-order valence-electron chi connectivity index (χ3n) is 4.64. The minimum absolute atomic E-state index is 0. The second kappa shape index (κ2) is 10.0. The molecule has 1 saturated heterocycles. The SMILES string of the molecule is CCCC(N)C(=O)NCC1CCN(Cc2nc(C)c(C)o2)CC1.Cl. The van der Waals surface area contributed by atoms with Gasteiger partial charge in [0.05, 0.1) is 18.3 Å². The van der Waals surface area contributed by atoms with E-state index in [4.69, 9.17) is 10.2 Å². The van der Waals surface area contributed by atoms with Crippen molar-refractivity contribution < 1.29 is 9.21 Å². The lowest BCUT2D eigenvalue weighted by molar-refractivity contribution is -0.122. The second-order valence-electron chi connectivity index (χ2n) is 6.61. The largest absolute Gasteiger partial charge is 0.444 e. The number of amides is 1. The van der Waals surface area contributed by atoms with E-state index >= 15 is 0 Å². The standard InChI is InChI=1S/C17H30N4O2.ClH/c1-4-5-15(18)17(22)19-10-14-6-8-21(9-7-14)11-16-20-12(2)13(3)23-16;/h14-15H,4-11,18H2,1-3H3,(H,19,22);1H. The van der Waals surface area contributed by atoms with Gasteiger partial charge in [0.15, 0.2) is 0 Å². The van der Waals surface area contributed by atoms with Crippen LogP contribution in [0, 0.1) is 19.8 Å². The van der Waals surface area contributed by atoms with Crippen molar-refractivity contribution in [1.82, 2.24) is 15.2 Å². The number of carbonyl (C=O) groups is 1. The summed E-state index contributed by atoms with van der Waals surface area (Å²) in [6, 6.07) is -0.364. The molecule has 1 unspecified atom stereocenters. The Bertz CT molecular complexity index is 493. The monoisotopic (exact) mass is 358 g/mol. The maximum absolute atomic E-state index is 11.8. The number of halogens is 1. The van der Waals surface area contributed by atoms with Crippen LogP contribution >= 0.6 is 12.4 Å². The molecule has 24 heavy (non-hydrogen) atoms. The summed E-state index contributed by atoms with van der Waals surface area (Å²) in [5, 5.41) is 3.00. The summed E-state index contributed by atoms with van der Waals surface area (Å²) < 4.78 is 5.65. The molecule has 6 nitrogen and oxygen atoms in total. The number of nitrogens with two attached hydrogens (primary N) is 1. The van der Waals surface area contributed by atoms with E-state index < -0.39 is 0 Å². The van der Waals surface area contributed by atoms with E-state index in [1.807, 2.05) is 20.8 Å². The number of likely N-dealkylation sites (tertiary alicyclic amines) is 1. The summed E-state index contributed by atoms with van der Waals surface area (Å²) in [5.41, 5.74) is 6.80. The number of oxazole rings is 1. The summed E-state index contributed by atoms with van der Waals surface area (Å²) in [6.45, 7) is 9.50. The van der Waals surface area contributed by atoms with Crippen LogP contribution in [0.2, 0.25) is 0 Å². The number of aromatic nitrogens is 1. The molecule has 1 aliphatic heterocycles. The van der Waals surface area contributed by atoms with Crippen LogP contribution in [0.3, 0.4) is 0 Å². The Morgan fingerprint density at radius 3 is 2.62 bits per heavy atom. The van der Waals surface area contributed by atoms with Crippen molar-refractivity contribution >= 4 is 18.3 Å². The van der Waals surface area contributed by atoms with Gasteiger partial charge in [0.2, 0.25) is 11.8 Å². The first-order chi connectivity index (χ1) is 11.0. The van der Waals surface area contributed by atoms with Gasteiger partial charge < -0.3 is 15.5 Å². The Morgan fingerprint density at radius 2 is 2.08 bits per heavy atom. The van der Waals surface area contributed by atoms with Gasteiger partial charge in [-0.3, -0.25) is 9.69 Å². The zero-order valence-corrected chi connectivity index (χ0v) is 15.8. The zero-order valence-electron chi connectivity index (χ0n) is 15.0. The highest BCUT2D eigenvalue weighted by atomic mass is 35.5. The van der Waals surface area contributed by atoms with Gasteiger partial charge in [-0.25, -0.2) is 4.98 Å². The Labute approximate surface area is 151 Å². The molecule has 1 aromatic heterocycles. The van der Waals surface area contributed by atoms with Crippen molar-refractivity contribution in [3.63, 3.8) is 0 Å². The molecule has 2 rings (SSSR count). The Morgan fingerprint density at radius 1 is 1.42 bits per heavy atom. The van der Waals surface area contributed by atoms with E-state index in [1.54, 1.807) is 0 Å². The molecule has 138 valence electrons. The van der Waals surface area contributed by atoms with Crippen LogP contribution in [0.1, 0.15) is 50.0 Å². The number of piperidine rings is 1. The van der Waals surface area contributed by atoms with Crippen LogP contribution < -0.4 is 11.1 Å². The fourth-order valence-corrected chi connectivity index (χ4v) is 2.96. The van der Waals surface area contributed by atoms with E-state index in [-0.39, 0.29) is 24.4 Å². The van der Waals surface area contributed by atoms with Gasteiger partial charge in [0.25, 0.3) is 0 Å². The van der Waals surface area contributed by atoms with Crippen LogP contribution in [-0.2, 0) is 11.3 Å². The molecule has 0 radical (unpaired) electrons. The van der Waals surface area contributed by atoms with Crippen LogP contribution in [0.25, 0.3) is 0 Å². The Hall–Kier alpha value is -1.11. The minimum Gasteiger partial charge on any atom is -0.444 e. The van der Waals surface area contributed by atoms with Crippen molar-refractivity contribution in [2.24, 2.45) is 11.7 Å². The quantitative estimate of drug-likeness (QED) is 0.780. The molecule has 0 spiro atoms. The molecule has 1 aromatic rings. The normalized spacial score (nSPS) is 17.3. The number of hydrogen-bond donors (Lipinski definition) is 2. The smallest absolute Gasteiger partial charge is 0.236 e. The summed E-state index contributed by atoms with van der Waals surface area (Å²) in [7, 11) is 0. The van der Waals surface area contributed by atoms with Crippen LogP contribution in [0.15, 0.2) is 4.42 Å². The van der Waals surface area contributed by atoms with Crippen LogP contribution in [0.4, 0.5) is 0 Å². The maximum Gasteiger partial charge on any atom is 0.236 e. The van der Waals surface area contributed by atoms with Crippen molar-refractivity contribution in [2.45, 2.75) is 59.0 Å². The lowest BCUT2D eigenvalue weighted by atomic mass is 9.96. The molecule has 1 atom stereocenters. The summed E-state index contributed by atoms with van der Waals surface area (Å²) in [6.07, 6.45) is 3.86. The molecule has 1 aliphatic rings. The lowest BCUT2D eigenvalue weighted by Crippen LogP contribution is -2.44. The molecule has 0 saturated carbocycles. The van der Waals surface area contributed by atoms with E-state index in [2.05, 4.69) is 15.2 Å². The molecule has 2 heterocycles. The van der Waals surface area contributed by atoms with Gasteiger partial charge in [-0.05, 0) is 52.1 Å². The number of nitrogens with zero attached hydrogens (tertiary/aromatic N) is 2.